The summed E-state index contributed by atoms with van der Waals surface area (Å²) in [5.41, 5.74) is 0.0309. The predicted molar refractivity (Wildman–Crippen MR) is 87.9 cm³/mol. The van der Waals surface area contributed by atoms with E-state index in [1.54, 1.807) is 4.90 Å². The zero-order valence-electron chi connectivity index (χ0n) is 13.5. The van der Waals surface area contributed by atoms with Crippen LogP contribution in [0.1, 0.15) is 16.8 Å². The average molecular weight is 427 g/mol. The Morgan fingerprint density at radius 1 is 1.20 bits per heavy atom. The molecule has 1 aromatic carbocycles. The molecular weight excluding hydrogens is 408 g/mol. The van der Waals surface area contributed by atoms with Crippen LogP contribution in [0.25, 0.3) is 0 Å². The molecule has 1 aromatic rings. The minimum absolute atomic E-state index is 0.0309. The predicted octanol–water partition coefficient (Wildman–Crippen LogP) is 3.32. The lowest BCUT2D eigenvalue weighted by Crippen LogP contribution is -2.49. The first kappa shape index (κ1) is 20.1. The first-order chi connectivity index (χ1) is 11.8. The first-order valence-corrected chi connectivity index (χ1v) is 8.67. The van der Waals surface area contributed by atoms with E-state index >= 15 is 0 Å². The van der Waals surface area contributed by atoms with E-state index in [0.717, 1.165) is 0 Å². The Balaban J connectivity index is 1.72. The van der Waals surface area contributed by atoms with E-state index in [9.17, 15) is 22.4 Å². The summed E-state index contributed by atoms with van der Waals surface area (Å²) in [7, 11) is 0. The molecule has 1 fully saturated rings. The lowest BCUT2D eigenvalue weighted by atomic mass is 10.1. The molecule has 0 unspecified atom stereocenters. The Morgan fingerprint density at radius 2 is 1.88 bits per heavy atom. The fraction of sp³-hybridized carbons (Fsp3) is 0.562. The molecule has 1 aliphatic rings. The van der Waals surface area contributed by atoms with Crippen molar-refractivity contribution < 1.29 is 27.1 Å². The summed E-state index contributed by atoms with van der Waals surface area (Å²) in [6.45, 7) is 1.52. The van der Waals surface area contributed by atoms with Gasteiger partial charge in [-0.25, -0.2) is 4.39 Å². The maximum absolute atomic E-state index is 13.8. The van der Waals surface area contributed by atoms with Gasteiger partial charge in [-0.3, -0.25) is 9.69 Å². The highest BCUT2D eigenvalue weighted by Gasteiger charge is 2.27. The Kier molecular flexibility index (Phi) is 7.21. The average Bonchev–Trinajstić information content (AvgIpc) is 2.56. The fourth-order valence-corrected chi connectivity index (χ4v) is 2.95. The summed E-state index contributed by atoms with van der Waals surface area (Å²) in [6, 6.07) is 4.24. The number of carbonyl (C=O) groups excluding carboxylic acids is 1. The maximum Gasteiger partial charge on any atom is 0.411 e. The lowest BCUT2D eigenvalue weighted by Gasteiger charge is -2.34. The molecule has 0 aliphatic carbocycles. The van der Waals surface area contributed by atoms with Crippen LogP contribution < -0.4 is 0 Å². The minimum Gasteiger partial charge on any atom is -0.372 e. The number of halogens is 5. The molecule has 140 valence electrons. The highest BCUT2D eigenvalue weighted by Crippen LogP contribution is 2.18. The number of rotatable bonds is 6. The second-order valence-electron chi connectivity index (χ2n) is 5.78. The van der Waals surface area contributed by atoms with Crippen molar-refractivity contribution in [1.82, 2.24) is 9.80 Å². The minimum atomic E-state index is -4.30. The second-order valence-corrected chi connectivity index (χ2v) is 6.70. The van der Waals surface area contributed by atoms with E-state index < -0.39 is 18.6 Å². The molecule has 1 saturated heterocycles. The zero-order chi connectivity index (χ0) is 18.4. The van der Waals surface area contributed by atoms with Gasteiger partial charge in [0, 0.05) is 43.8 Å². The molecule has 1 aliphatic heterocycles. The molecule has 0 spiro atoms. The number of piperazine rings is 1. The number of amides is 1. The van der Waals surface area contributed by atoms with Crippen LogP contribution in [-0.4, -0.2) is 67.8 Å². The van der Waals surface area contributed by atoms with Crippen molar-refractivity contribution in [3.8, 4) is 0 Å². The number of nitrogens with zero attached hydrogens (tertiary/aromatic N) is 2. The number of alkyl halides is 3. The molecular formula is C16H19BrF4N2O2. The van der Waals surface area contributed by atoms with Crippen LogP contribution >= 0.6 is 15.9 Å². The molecule has 2 rings (SSSR count). The van der Waals surface area contributed by atoms with E-state index in [2.05, 4.69) is 25.6 Å². The van der Waals surface area contributed by atoms with E-state index in [1.807, 2.05) is 0 Å². The van der Waals surface area contributed by atoms with E-state index in [4.69, 9.17) is 0 Å². The lowest BCUT2D eigenvalue weighted by molar-refractivity contribution is -0.174. The molecule has 1 amide bonds. The van der Waals surface area contributed by atoms with Crippen molar-refractivity contribution in [2.24, 2.45) is 0 Å². The third kappa shape index (κ3) is 6.56. The number of ether oxygens (including phenoxy) is 1. The van der Waals surface area contributed by atoms with Crippen LogP contribution in [0.3, 0.4) is 0 Å². The van der Waals surface area contributed by atoms with Crippen LogP contribution in [0, 0.1) is 5.82 Å². The van der Waals surface area contributed by atoms with Gasteiger partial charge in [-0.1, -0.05) is 15.9 Å². The molecule has 0 radical (unpaired) electrons. The highest BCUT2D eigenvalue weighted by molar-refractivity contribution is 9.10. The van der Waals surface area contributed by atoms with Crippen molar-refractivity contribution in [1.29, 1.82) is 0 Å². The topological polar surface area (TPSA) is 32.8 Å². The van der Waals surface area contributed by atoms with Gasteiger partial charge in [0.1, 0.15) is 12.4 Å². The van der Waals surface area contributed by atoms with E-state index in [-0.39, 0.29) is 18.1 Å². The Hall–Kier alpha value is -1.19. The standard InChI is InChI=1S/C16H19BrF4N2O2/c17-12-2-3-14(18)13(10-12)15(24)23-7-5-22(6-8-23)4-1-9-25-11-16(19,20)21/h2-3,10H,1,4-9,11H2. The summed E-state index contributed by atoms with van der Waals surface area (Å²) < 4.78 is 54.8. The van der Waals surface area contributed by atoms with Crippen LogP contribution in [0.4, 0.5) is 17.6 Å². The quantitative estimate of drug-likeness (QED) is 0.516. The van der Waals surface area contributed by atoms with Crippen molar-refractivity contribution in [2.45, 2.75) is 12.6 Å². The summed E-state index contributed by atoms with van der Waals surface area (Å²) in [6.07, 6.45) is -3.81. The maximum atomic E-state index is 13.8. The van der Waals surface area contributed by atoms with Crippen LogP contribution in [-0.2, 0) is 4.74 Å². The third-order valence-corrected chi connectivity index (χ3v) is 4.34. The molecule has 25 heavy (non-hydrogen) atoms. The van der Waals surface area contributed by atoms with Gasteiger partial charge >= 0.3 is 6.18 Å². The fourth-order valence-electron chi connectivity index (χ4n) is 2.58. The molecule has 0 aromatic heterocycles. The van der Waals surface area contributed by atoms with Crippen molar-refractivity contribution in [3.63, 3.8) is 0 Å². The van der Waals surface area contributed by atoms with E-state index in [0.29, 0.717) is 43.6 Å². The molecule has 1 heterocycles. The van der Waals surface area contributed by atoms with E-state index in [1.165, 1.54) is 18.2 Å². The number of hydrogen-bond acceptors (Lipinski definition) is 3. The van der Waals surface area contributed by atoms with Gasteiger partial charge in [-0.05, 0) is 24.6 Å². The van der Waals surface area contributed by atoms with Crippen molar-refractivity contribution >= 4 is 21.8 Å². The largest absolute Gasteiger partial charge is 0.411 e. The van der Waals surface area contributed by atoms with Gasteiger partial charge in [0.2, 0.25) is 0 Å². The smallest absolute Gasteiger partial charge is 0.372 e. The van der Waals surface area contributed by atoms with Gasteiger partial charge in [-0.2, -0.15) is 13.2 Å². The van der Waals surface area contributed by atoms with Gasteiger partial charge in [0.15, 0.2) is 0 Å². The molecule has 0 saturated carbocycles. The van der Waals surface area contributed by atoms with Crippen molar-refractivity contribution in [3.05, 3.63) is 34.1 Å². The van der Waals surface area contributed by atoms with Gasteiger partial charge in [-0.15, -0.1) is 0 Å². The van der Waals surface area contributed by atoms with Crippen molar-refractivity contribution in [2.75, 3.05) is 45.9 Å². The second kappa shape index (κ2) is 8.95. The molecule has 4 nitrogen and oxygen atoms in total. The molecule has 0 N–H and O–H groups in total. The summed E-state index contributed by atoms with van der Waals surface area (Å²) in [5.74, 6) is -0.913. The summed E-state index contributed by atoms with van der Waals surface area (Å²) in [5, 5.41) is 0. The summed E-state index contributed by atoms with van der Waals surface area (Å²) in [4.78, 5) is 16.0. The zero-order valence-corrected chi connectivity index (χ0v) is 15.1. The van der Waals surface area contributed by atoms with Gasteiger partial charge in [0.25, 0.3) is 5.91 Å². The molecule has 9 heteroatoms. The normalized spacial score (nSPS) is 16.3. The SMILES string of the molecule is O=C(c1cc(Br)ccc1F)N1CCN(CCCOCC(F)(F)F)CC1. The van der Waals surface area contributed by atoms with Gasteiger partial charge < -0.3 is 9.64 Å². The number of hydrogen-bond donors (Lipinski definition) is 0. The monoisotopic (exact) mass is 426 g/mol. The Labute approximate surface area is 151 Å². The number of benzene rings is 1. The van der Waals surface area contributed by atoms with Crippen LogP contribution in [0.15, 0.2) is 22.7 Å². The molecule has 0 atom stereocenters. The van der Waals surface area contributed by atoms with Crippen LogP contribution in [0.5, 0.6) is 0 Å². The first-order valence-electron chi connectivity index (χ1n) is 7.87. The Bertz CT molecular complexity index is 590. The Morgan fingerprint density at radius 3 is 2.52 bits per heavy atom. The third-order valence-electron chi connectivity index (χ3n) is 3.85. The molecule has 0 bridgehead atoms. The van der Waals surface area contributed by atoms with Gasteiger partial charge in [0.05, 0.1) is 5.56 Å². The highest BCUT2D eigenvalue weighted by atomic mass is 79.9. The van der Waals surface area contributed by atoms with Crippen LogP contribution in [0.2, 0.25) is 0 Å². The number of carbonyl (C=O) groups is 1. The summed E-state index contributed by atoms with van der Waals surface area (Å²) >= 11 is 3.22.